The highest BCUT2D eigenvalue weighted by Gasteiger charge is 2.14. The van der Waals surface area contributed by atoms with Gasteiger partial charge in [-0.2, -0.15) is 0 Å². The number of aromatic nitrogens is 1. The average molecular weight is 252 g/mol. The van der Waals surface area contributed by atoms with Crippen LogP contribution in [0.25, 0.3) is 0 Å². The Bertz CT molecular complexity index is 409. The molecule has 1 unspecified atom stereocenters. The molecule has 4 N–H and O–H groups in total. The van der Waals surface area contributed by atoms with Crippen molar-refractivity contribution >= 4 is 11.6 Å². The van der Waals surface area contributed by atoms with Crippen LogP contribution in [0.3, 0.4) is 0 Å². The number of carbonyl (C=O) groups is 1. The van der Waals surface area contributed by atoms with Crippen LogP contribution >= 0.6 is 0 Å². The van der Waals surface area contributed by atoms with Crippen molar-refractivity contribution in [3.63, 3.8) is 0 Å². The molecule has 18 heavy (non-hydrogen) atoms. The second-order valence-corrected chi connectivity index (χ2v) is 4.05. The largest absolute Gasteiger partial charge is 0.380 e. The number of aryl methyl sites for hydroxylation is 1. The molecule has 0 bridgehead atoms. The number of anilines is 1. The first-order valence-electron chi connectivity index (χ1n) is 5.90. The van der Waals surface area contributed by atoms with E-state index >= 15 is 0 Å². The van der Waals surface area contributed by atoms with Gasteiger partial charge >= 0.3 is 0 Å². The number of hydrogen-bond donors (Lipinski definition) is 3. The zero-order chi connectivity index (χ0) is 13.5. The lowest BCUT2D eigenvalue weighted by molar-refractivity contribution is 0.0872. The minimum Gasteiger partial charge on any atom is -0.380 e. The molecule has 0 aliphatic heterocycles. The summed E-state index contributed by atoms with van der Waals surface area (Å²) in [6, 6.07) is 1.66. The number of rotatable bonds is 6. The number of carbonyl (C=O) groups excluding carboxylic acids is 1. The van der Waals surface area contributed by atoms with E-state index in [4.69, 9.17) is 10.6 Å². The maximum Gasteiger partial charge on any atom is 0.255 e. The van der Waals surface area contributed by atoms with Crippen LogP contribution in [0.2, 0.25) is 0 Å². The number of pyridine rings is 1. The topological polar surface area (TPSA) is 89.3 Å². The maximum atomic E-state index is 12.0. The van der Waals surface area contributed by atoms with E-state index < -0.39 is 0 Å². The second kappa shape index (κ2) is 6.93. The minimum atomic E-state index is -0.220. The van der Waals surface area contributed by atoms with Gasteiger partial charge in [0.25, 0.3) is 5.91 Å². The number of amides is 1. The zero-order valence-electron chi connectivity index (χ0n) is 11.0. The molecule has 1 rings (SSSR count). The van der Waals surface area contributed by atoms with Gasteiger partial charge in [0.05, 0.1) is 17.9 Å². The van der Waals surface area contributed by atoms with E-state index in [1.54, 1.807) is 6.07 Å². The molecule has 1 atom stereocenters. The normalized spacial score (nSPS) is 12.0. The summed E-state index contributed by atoms with van der Waals surface area (Å²) in [5, 5.41) is 2.83. The summed E-state index contributed by atoms with van der Waals surface area (Å²) in [5.74, 6) is 5.17. The molecular formula is C12H20N4O2. The molecule has 1 heterocycles. The van der Waals surface area contributed by atoms with Crippen LogP contribution in [0, 0.1) is 6.92 Å². The van der Waals surface area contributed by atoms with E-state index in [2.05, 4.69) is 15.7 Å². The van der Waals surface area contributed by atoms with E-state index in [0.29, 0.717) is 24.5 Å². The van der Waals surface area contributed by atoms with E-state index in [1.165, 1.54) is 6.20 Å². The van der Waals surface area contributed by atoms with Crippen LogP contribution in [0.4, 0.5) is 5.69 Å². The molecule has 0 saturated heterocycles. The summed E-state index contributed by atoms with van der Waals surface area (Å²) in [7, 11) is 0. The fraction of sp³-hybridized carbons (Fsp3) is 0.500. The highest BCUT2D eigenvalue weighted by atomic mass is 16.5. The summed E-state index contributed by atoms with van der Waals surface area (Å²) in [6.45, 7) is 6.73. The van der Waals surface area contributed by atoms with Gasteiger partial charge < -0.3 is 15.5 Å². The fourth-order valence-electron chi connectivity index (χ4n) is 1.50. The quantitative estimate of drug-likeness (QED) is 0.515. The van der Waals surface area contributed by atoms with Crippen molar-refractivity contribution < 1.29 is 9.53 Å². The standard InChI is InChI=1S/C12H20N4O2/c1-4-18-7-9(3)15-12(17)10-6-14-8(2)5-11(10)16-13/h5-6,9H,4,7,13H2,1-3H3,(H,14,16)(H,15,17). The zero-order valence-corrected chi connectivity index (χ0v) is 11.0. The van der Waals surface area contributed by atoms with Gasteiger partial charge in [-0.1, -0.05) is 0 Å². The molecule has 0 aliphatic rings. The summed E-state index contributed by atoms with van der Waals surface area (Å²) in [4.78, 5) is 16.1. The molecule has 0 spiro atoms. The Morgan fingerprint density at radius 3 is 2.94 bits per heavy atom. The van der Waals surface area contributed by atoms with E-state index in [-0.39, 0.29) is 11.9 Å². The Hall–Kier alpha value is -1.66. The van der Waals surface area contributed by atoms with Gasteiger partial charge in [0, 0.05) is 24.5 Å². The van der Waals surface area contributed by atoms with Crippen molar-refractivity contribution in [1.29, 1.82) is 0 Å². The molecular weight excluding hydrogens is 232 g/mol. The number of hydrogen-bond acceptors (Lipinski definition) is 5. The predicted octanol–water partition coefficient (Wildman–Crippen LogP) is 0.830. The van der Waals surface area contributed by atoms with Gasteiger partial charge in [0.1, 0.15) is 0 Å². The Morgan fingerprint density at radius 2 is 2.33 bits per heavy atom. The van der Waals surface area contributed by atoms with Crippen LogP contribution in [0.1, 0.15) is 29.9 Å². The lowest BCUT2D eigenvalue weighted by atomic mass is 10.2. The lowest BCUT2D eigenvalue weighted by Crippen LogP contribution is -2.36. The van der Waals surface area contributed by atoms with Crippen molar-refractivity contribution in [3.8, 4) is 0 Å². The van der Waals surface area contributed by atoms with E-state index in [9.17, 15) is 4.79 Å². The van der Waals surface area contributed by atoms with E-state index in [1.807, 2.05) is 20.8 Å². The smallest absolute Gasteiger partial charge is 0.255 e. The minimum absolute atomic E-state index is 0.0654. The first-order valence-corrected chi connectivity index (χ1v) is 5.90. The number of nitrogens with two attached hydrogens (primary N) is 1. The van der Waals surface area contributed by atoms with Gasteiger partial charge in [-0.25, -0.2) is 0 Å². The van der Waals surface area contributed by atoms with Crippen molar-refractivity contribution in [2.24, 2.45) is 5.84 Å². The highest BCUT2D eigenvalue weighted by molar-refractivity contribution is 5.99. The molecule has 0 saturated carbocycles. The predicted molar refractivity (Wildman–Crippen MR) is 70.2 cm³/mol. The summed E-state index contributed by atoms with van der Waals surface area (Å²) in [5.41, 5.74) is 4.28. The number of nitrogens with zero attached hydrogens (tertiary/aromatic N) is 1. The van der Waals surface area contributed by atoms with E-state index in [0.717, 1.165) is 5.69 Å². The average Bonchev–Trinajstić information content (AvgIpc) is 2.35. The molecule has 0 radical (unpaired) electrons. The fourth-order valence-corrected chi connectivity index (χ4v) is 1.50. The molecule has 0 aliphatic carbocycles. The lowest BCUT2D eigenvalue weighted by Gasteiger charge is -2.15. The molecule has 1 aromatic heterocycles. The van der Waals surface area contributed by atoms with Crippen molar-refractivity contribution in [1.82, 2.24) is 10.3 Å². The molecule has 100 valence electrons. The molecule has 6 nitrogen and oxygen atoms in total. The Morgan fingerprint density at radius 1 is 1.61 bits per heavy atom. The van der Waals surface area contributed by atoms with Crippen LogP contribution in [-0.4, -0.2) is 30.1 Å². The molecule has 0 fully saturated rings. The van der Waals surface area contributed by atoms with Crippen molar-refractivity contribution in [3.05, 3.63) is 23.5 Å². The third kappa shape index (κ3) is 3.97. The first-order chi connectivity index (χ1) is 8.58. The number of hydrazine groups is 1. The second-order valence-electron chi connectivity index (χ2n) is 4.05. The maximum absolute atomic E-state index is 12.0. The number of nitrogens with one attached hydrogen (secondary N) is 2. The summed E-state index contributed by atoms with van der Waals surface area (Å²) < 4.78 is 5.24. The van der Waals surface area contributed by atoms with Crippen LogP contribution in [-0.2, 0) is 4.74 Å². The summed E-state index contributed by atoms with van der Waals surface area (Å²) >= 11 is 0. The van der Waals surface area contributed by atoms with Crippen molar-refractivity contribution in [2.75, 3.05) is 18.6 Å². The number of nitrogen functional groups attached to an aromatic ring is 1. The van der Waals surface area contributed by atoms with Gasteiger partial charge in [0.15, 0.2) is 0 Å². The van der Waals surface area contributed by atoms with Gasteiger partial charge in [-0.05, 0) is 26.8 Å². The Kier molecular flexibility index (Phi) is 5.54. The van der Waals surface area contributed by atoms with Gasteiger partial charge in [-0.15, -0.1) is 0 Å². The molecule has 1 aromatic rings. The Balaban J connectivity index is 2.72. The molecule has 6 heteroatoms. The molecule has 0 aromatic carbocycles. The van der Waals surface area contributed by atoms with Crippen LogP contribution < -0.4 is 16.6 Å². The van der Waals surface area contributed by atoms with Crippen LogP contribution in [0.15, 0.2) is 12.3 Å². The van der Waals surface area contributed by atoms with Gasteiger partial charge in [0.2, 0.25) is 0 Å². The SMILES string of the molecule is CCOCC(C)NC(=O)c1cnc(C)cc1NN. The number of ether oxygens (including phenoxy) is 1. The molecule has 1 amide bonds. The third-order valence-electron chi connectivity index (χ3n) is 2.39. The van der Waals surface area contributed by atoms with Crippen LogP contribution in [0.5, 0.6) is 0 Å². The monoisotopic (exact) mass is 252 g/mol. The highest BCUT2D eigenvalue weighted by Crippen LogP contribution is 2.14. The first kappa shape index (κ1) is 14.4. The summed E-state index contributed by atoms with van der Waals surface area (Å²) in [6.07, 6.45) is 1.51. The third-order valence-corrected chi connectivity index (χ3v) is 2.39. The van der Waals surface area contributed by atoms with Crippen molar-refractivity contribution in [2.45, 2.75) is 26.8 Å². The van der Waals surface area contributed by atoms with Gasteiger partial charge in [-0.3, -0.25) is 15.6 Å². The Labute approximate surface area is 107 Å².